The zero-order valence-electron chi connectivity index (χ0n) is 22.4. The number of para-hydroxylation sites is 1. The first-order chi connectivity index (χ1) is 18.0. The van der Waals surface area contributed by atoms with E-state index in [0.717, 1.165) is 11.1 Å². The third-order valence-electron chi connectivity index (χ3n) is 6.57. The van der Waals surface area contributed by atoms with Gasteiger partial charge in [-0.2, -0.15) is 0 Å². The van der Waals surface area contributed by atoms with Crippen LogP contribution in [0.3, 0.4) is 0 Å². The van der Waals surface area contributed by atoms with Gasteiger partial charge in [0.25, 0.3) is 0 Å². The maximum Gasteiger partial charge on any atom is 0.323 e. The number of benzene rings is 2. The Balaban J connectivity index is 1.59. The Morgan fingerprint density at radius 3 is 2.29 bits per heavy atom. The van der Waals surface area contributed by atoms with Crippen LogP contribution in [0.25, 0.3) is 0 Å². The second-order valence-electron chi connectivity index (χ2n) is 10.1. The van der Waals surface area contributed by atoms with Gasteiger partial charge in [-0.1, -0.05) is 38.1 Å². The lowest BCUT2D eigenvalue weighted by Gasteiger charge is -2.30. The van der Waals surface area contributed by atoms with Crippen LogP contribution < -0.4 is 15.4 Å². The van der Waals surface area contributed by atoms with Crippen molar-refractivity contribution in [2.75, 3.05) is 43.9 Å². The Kier molecular flexibility index (Phi) is 9.33. The van der Waals surface area contributed by atoms with Crippen molar-refractivity contribution in [3.8, 4) is 5.75 Å². The molecule has 204 valence electrons. The molecule has 0 aromatic heterocycles. The molecule has 3 rings (SSSR count). The number of carbonyl (C=O) groups is 4. The molecule has 1 aliphatic rings. The van der Waals surface area contributed by atoms with Gasteiger partial charge in [0.05, 0.1) is 31.1 Å². The van der Waals surface area contributed by atoms with Gasteiger partial charge >= 0.3 is 12.0 Å². The molecule has 38 heavy (non-hydrogen) atoms. The lowest BCUT2D eigenvalue weighted by Crippen LogP contribution is -2.44. The van der Waals surface area contributed by atoms with Gasteiger partial charge in [-0.25, -0.2) is 4.79 Å². The van der Waals surface area contributed by atoms with Crippen molar-refractivity contribution >= 4 is 35.2 Å². The molecule has 1 heterocycles. The van der Waals surface area contributed by atoms with Gasteiger partial charge in [-0.15, -0.1) is 0 Å². The van der Waals surface area contributed by atoms with Crippen LogP contribution in [-0.2, 0) is 20.8 Å². The number of anilines is 2. The lowest BCUT2D eigenvalue weighted by molar-refractivity contribution is -0.149. The van der Waals surface area contributed by atoms with E-state index in [1.807, 2.05) is 31.2 Å². The van der Waals surface area contributed by atoms with E-state index in [2.05, 4.69) is 10.6 Å². The van der Waals surface area contributed by atoms with E-state index in [9.17, 15) is 19.2 Å². The van der Waals surface area contributed by atoms with E-state index in [1.165, 1.54) is 7.11 Å². The number of ether oxygens (including phenoxy) is 1. The molecule has 10 heteroatoms. The maximum atomic E-state index is 13.1. The van der Waals surface area contributed by atoms with E-state index >= 15 is 0 Å². The fourth-order valence-corrected chi connectivity index (χ4v) is 4.48. The second-order valence-corrected chi connectivity index (χ2v) is 10.1. The number of hydrogen-bond acceptors (Lipinski definition) is 5. The van der Waals surface area contributed by atoms with Crippen molar-refractivity contribution in [1.29, 1.82) is 0 Å². The molecule has 0 atom stereocenters. The van der Waals surface area contributed by atoms with Crippen LogP contribution in [-0.4, -0.2) is 72.0 Å². The Bertz CT molecular complexity index is 1200. The molecule has 2 aromatic rings. The van der Waals surface area contributed by atoms with Gasteiger partial charge in [0.15, 0.2) is 0 Å². The highest BCUT2D eigenvalue weighted by molar-refractivity contribution is 6.01. The number of nitrogens with zero attached hydrogens (tertiary/aromatic N) is 2. The van der Waals surface area contributed by atoms with Crippen LogP contribution in [0.5, 0.6) is 5.75 Å². The summed E-state index contributed by atoms with van der Waals surface area (Å²) in [6.07, 6.45) is 0.512. The number of methoxy groups -OCH3 is 1. The molecule has 0 bridgehead atoms. The van der Waals surface area contributed by atoms with Crippen molar-refractivity contribution in [3.05, 3.63) is 53.6 Å². The summed E-state index contributed by atoms with van der Waals surface area (Å²) >= 11 is 0. The summed E-state index contributed by atoms with van der Waals surface area (Å²) in [6.45, 7) is 6.90. The quantitative estimate of drug-likeness (QED) is 0.483. The number of amides is 4. The van der Waals surface area contributed by atoms with Gasteiger partial charge in [0.1, 0.15) is 5.75 Å². The summed E-state index contributed by atoms with van der Waals surface area (Å²) in [6, 6.07) is 12.2. The molecule has 1 aliphatic heterocycles. The smallest absolute Gasteiger partial charge is 0.323 e. The topological polar surface area (TPSA) is 128 Å². The average Bonchev–Trinajstić information content (AvgIpc) is 3.11. The number of carboxylic acid groups (broad SMARTS) is 1. The molecule has 3 N–H and O–H groups in total. The van der Waals surface area contributed by atoms with Crippen LogP contribution in [0.2, 0.25) is 0 Å². The summed E-state index contributed by atoms with van der Waals surface area (Å²) in [5.41, 5.74) is 1.84. The summed E-state index contributed by atoms with van der Waals surface area (Å²) in [5, 5.41) is 14.7. The lowest BCUT2D eigenvalue weighted by atomic mass is 9.87. The fourth-order valence-electron chi connectivity index (χ4n) is 4.48. The zero-order valence-corrected chi connectivity index (χ0v) is 22.4. The molecular weight excluding hydrogens is 488 g/mol. The molecule has 0 saturated carbocycles. The van der Waals surface area contributed by atoms with Gasteiger partial charge in [0, 0.05) is 31.9 Å². The zero-order chi connectivity index (χ0) is 27.9. The van der Waals surface area contributed by atoms with E-state index < -0.39 is 17.4 Å². The molecule has 0 radical (unpaired) electrons. The third-order valence-corrected chi connectivity index (χ3v) is 6.57. The summed E-state index contributed by atoms with van der Waals surface area (Å²) in [4.78, 5) is 53.0. The molecule has 1 saturated heterocycles. The first-order valence-electron chi connectivity index (χ1n) is 12.6. The first-order valence-corrected chi connectivity index (χ1v) is 12.6. The van der Waals surface area contributed by atoms with Gasteiger partial charge in [0.2, 0.25) is 11.8 Å². The monoisotopic (exact) mass is 524 g/mol. The van der Waals surface area contributed by atoms with Crippen molar-refractivity contribution in [1.82, 2.24) is 9.80 Å². The number of nitrogens with one attached hydrogen (secondary N) is 2. The Labute approximate surface area is 222 Å². The van der Waals surface area contributed by atoms with Crippen molar-refractivity contribution < 1.29 is 29.0 Å². The number of aryl methyl sites for hydroxylation is 1. The number of aliphatic carboxylic acids is 1. The molecular formula is C28H36N4O6. The van der Waals surface area contributed by atoms with Crippen LogP contribution in [0, 0.1) is 12.3 Å². The second kappa shape index (κ2) is 12.4. The first kappa shape index (κ1) is 28.5. The highest BCUT2D eigenvalue weighted by atomic mass is 16.5. The average molecular weight is 525 g/mol. The Hall–Kier alpha value is -4.08. The third kappa shape index (κ3) is 7.47. The molecule has 4 amide bonds. The predicted octanol–water partition coefficient (Wildman–Crippen LogP) is 3.75. The minimum atomic E-state index is -1.02. The van der Waals surface area contributed by atoms with Crippen molar-refractivity contribution in [2.45, 2.75) is 40.0 Å². The minimum Gasteiger partial charge on any atom is -0.495 e. The standard InChI is InChI=1S/C28H36N4O6/c1-19-8-5-6-9-21(19)29-27(37)30-22-11-10-20(16-23(22)38-4)17-24(33)31-12-7-13-32(15-14-31)26(36)28(2,3)18-25(34)35/h5-6,8-11,16H,7,12-15,17-18H2,1-4H3,(H,34,35)(H2,29,30,37). The predicted molar refractivity (Wildman–Crippen MR) is 144 cm³/mol. The van der Waals surface area contributed by atoms with E-state index in [4.69, 9.17) is 9.84 Å². The van der Waals surface area contributed by atoms with Crippen LogP contribution in [0.4, 0.5) is 16.2 Å². The maximum absolute atomic E-state index is 13.1. The largest absolute Gasteiger partial charge is 0.495 e. The minimum absolute atomic E-state index is 0.0795. The van der Waals surface area contributed by atoms with E-state index in [0.29, 0.717) is 49.7 Å². The van der Waals surface area contributed by atoms with Gasteiger partial charge < -0.3 is 30.3 Å². The molecule has 0 spiro atoms. The van der Waals surface area contributed by atoms with Gasteiger partial charge in [-0.3, -0.25) is 14.4 Å². The molecule has 0 aliphatic carbocycles. The van der Waals surface area contributed by atoms with Crippen LogP contribution >= 0.6 is 0 Å². The highest BCUT2D eigenvalue weighted by Crippen LogP contribution is 2.27. The van der Waals surface area contributed by atoms with Crippen molar-refractivity contribution in [3.63, 3.8) is 0 Å². The fraction of sp³-hybridized carbons (Fsp3) is 0.429. The SMILES string of the molecule is COc1cc(CC(=O)N2CCCN(C(=O)C(C)(C)CC(=O)O)CC2)ccc1NC(=O)Nc1ccccc1C. The number of hydrogen-bond donors (Lipinski definition) is 3. The summed E-state index contributed by atoms with van der Waals surface area (Å²) in [5.74, 6) is -0.875. The molecule has 1 fully saturated rings. The molecule has 10 nitrogen and oxygen atoms in total. The summed E-state index contributed by atoms with van der Waals surface area (Å²) in [7, 11) is 1.50. The van der Waals surface area contributed by atoms with Crippen LogP contribution in [0.15, 0.2) is 42.5 Å². The Morgan fingerprint density at radius 1 is 0.947 bits per heavy atom. The number of rotatable bonds is 8. The van der Waals surface area contributed by atoms with Crippen molar-refractivity contribution in [2.24, 2.45) is 5.41 Å². The molecule has 2 aromatic carbocycles. The van der Waals surface area contributed by atoms with E-state index in [-0.39, 0.29) is 24.7 Å². The summed E-state index contributed by atoms with van der Waals surface area (Å²) < 4.78 is 5.45. The number of carbonyl (C=O) groups excluding carboxylic acids is 3. The van der Waals surface area contributed by atoms with Crippen LogP contribution in [0.1, 0.15) is 37.8 Å². The van der Waals surface area contributed by atoms with Gasteiger partial charge in [-0.05, 0) is 42.7 Å². The number of urea groups is 1. The number of carboxylic acids is 1. The molecule has 0 unspecified atom stereocenters. The highest BCUT2D eigenvalue weighted by Gasteiger charge is 2.35. The normalized spacial score (nSPS) is 13.9. The van der Waals surface area contributed by atoms with E-state index in [1.54, 1.807) is 41.8 Å². The Morgan fingerprint density at radius 2 is 1.61 bits per heavy atom.